The van der Waals surface area contributed by atoms with Crippen molar-refractivity contribution >= 4 is 21.8 Å². The van der Waals surface area contributed by atoms with Crippen LogP contribution in [0.4, 0.5) is 0 Å². The van der Waals surface area contributed by atoms with Gasteiger partial charge in [-0.3, -0.25) is 4.79 Å². The fourth-order valence-electron chi connectivity index (χ4n) is 2.05. The Morgan fingerprint density at radius 3 is 2.81 bits per heavy atom. The minimum absolute atomic E-state index is 0.0446. The van der Waals surface area contributed by atoms with E-state index in [0.29, 0.717) is 12.1 Å². The molecule has 0 saturated heterocycles. The average Bonchev–Trinajstić information content (AvgIpc) is 3.27. The van der Waals surface area contributed by atoms with Crippen LogP contribution < -0.4 is 10.1 Å². The van der Waals surface area contributed by atoms with Crippen molar-refractivity contribution < 1.29 is 9.53 Å². The molecule has 1 aromatic carbocycles. The highest BCUT2D eigenvalue weighted by molar-refractivity contribution is 9.10. The molecule has 0 heterocycles. The number of carbonyl (C=O) groups is 1. The van der Waals surface area contributed by atoms with Crippen molar-refractivity contribution in [2.24, 2.45) is 0 Å². The number of halogens is 1. The summed E-state index contributed by atoms with van der Waals surface area (Å²) in [4.78, 5) is 13.8. The predicted octanol–water partition coefficient (Wildman–Crippen LogP) is 2.95. The average molecular weight is 355 g/mol. The molecule has 116 valence electrons. The Balaban J connectivity index is 1.96. The minimum atomic E-state index is 0.0446. The molecule has 0 aromatic heterocycles. The maximum atomic E-state index is 12.0. The molecule has 21 heavy (non-hydrogen) atoms. The molecule has 1 aromatic rings. The highest BCUT2D eigenvalue weighted by Crippen LogP contribution is 2.26. The molecule has 5 heteroatoms. The molecule has 0 radical (unpaired) electrons. The second kappa shape index (κ2) is 7.27. The van der Waals surface area contributed by atoms with E-state index in [2.05, 4.69) is 35.1 Å². The number of amides is 1. The molecule has 2 rings (SSSR count). The highest BCUT2D eigenvalue weighted by Gasteiger charge is 2.29. The van der Waals surface area contributed by atoms with E-state index in [1.165, 1.54) is 0 Å². The van der Waals surface area contributed by atoms with E-state index in [0.717, 1.165) is 35.2 Å². The summed E-state index contributed by atoms with van der Waals surface area (Å²) in [5, 5.41) is 3.37. The highest BCUT2D eigenvalue weighted by atomic mass is 79.9. The molecular formula is C16H23BrN2O2. The zero-order valence-electron chi connectivity index (χ0n) is 12.9. The number of benzene rings is 1. The molecule has 0 unspecified atom stereocenters. The molecule has 1 aliphatic carbocycles. The SMILES string of the molecule is CC(C)NCc1cc(Br)ccc1OCC(=O)N(C)C1CC1. The Hall–Kier alpha value is -1.07. The molecule has 1 N–H and O–H groups in total. The Bertz CT molecular complexity index is 501. The van der Waals surface area contributed by atoms with Gasteiger partial charge in [0.15, 0.2) is 6.61 Å². The van der Waals surface area contributed by atoms with Gasteiger partial charge in [0.2, 0.25) is 0 Å². The number of rotatable bonds is 7. The predicted molar refractivity (Wildman–Crippen MR) is 87.4 cm³/mol. The Labute approximate surface area is 135 Å². The van der Waals surface area contributed by atoms with Crippen molar-refractivity contribution in [3.05, 3.63) is 28.2 Å². The van der Waals surface area contributed by atoms with E-state index in [1.54, 1.807) is 4.90 Å². The van der Waals surface area contributed by atoms with Crippen LogP contribution in [-0.2, 0) is 11.3 Å². The summed E-state index contributed by atoms with van der Waals surface area (Å²) in [5.41, 5.74) is 1.06. The summed E-state index contributed by atoms with van der Waals surface area (Å²) in [5.74, 6) is 0.812. The van der Waals surface area contributed by atoms with Crippen molar-refractivity contribution in [1.29, 1.82) is 0 Å². The third-order valence-electron chi connectivity index (χ3n) is 3.56. The molecule has 0 atom stereocenters. The van der Waals surface area contributed by atoms with Gasteiger partial charge in [0.1, 0.15) is 5.75 Å². The lowest BCUT2D eigenvalue weighted by atomic mass is 10.2. The van der Waals surface area contributed by atoms with Crippen molar-refractivity contribution in [3.8, 4) is 5.75 Å². The lowest BCUT2D eigenvalue weighted by molar-refractivity contribution is -0.132. The van der Waals surface area contributed by atoms with Crippen LogP contribution in [0.15, 0.2) is 22.7 Å². The summed E-state index contributed by atoms with van der Waals surface area (Å²) < 4.78 is 6.74. The van der Waals surface area contributed by atoms with Gasteiger partial charge in [-0.15, -0.1) is 0 Å². The molecule has 1 amide bonds. The molecular weight excluding hydrogens is 332 g/mol. The molecule has 4 nitrogen and oxygen atoms in total. The summed E-state index contributed by atoms with van der Waals surface area (Å²) in [6.45, 7) is 5.03. The number of nitrogens with one attached hydrogen (secondary N) is 1. The first-order valence-electron chi connectivity index (χ1n) is 7.37. The van der Waals surface area contributed by atoms with Crippen LogP contribution >= 0.6 is 15.9 Å². The summed E-state index contributed by atoms with van der Waals surface area (Å²) in [6, 6.07) is 6.70. The quantitative estimate of drug-likeness (QED) is 0.818. The number of nitrogens with zero attached hydrogens (tertiary/aromatic N) is 1. The largest absolute Gasteiger partial charge is 0.483 e. The topological polar surface area (TPSA) is 41.6 Å². The number of hydrogen-bond donors (Lipinski definition) is 1. The lowest BCUT2D eigenvalue weighted by Gasteiger charge is -2.18. The Morgan fingerprint density at radius 1 is 1.48 bits per heavy atom. The van der Waals surface area contributed by atoms with E-state index in [1.807, 2.05) is 25.2 Å². The van der Waals surface area contributed by atoms with Crippen molar-refractivity contribution in [2.75, 3.05) is 13.7 Å². The summed E-state index contributed by atoms with van der Waals surface area (Å²) >= 11 is 3.48. The van der Waals surface area contributed by atoms with E-state index in [-0.39, 0.29) is 12.5 Å². The van der Waals surface area contributed by atoms with Crippen LogP contribution in [0.1, 0.15) is 32.3 Å². The van der Waals surface area contributed by atoms with Crippen molar-refractivity contribution in [2.45, 2.75) is 45.3 Å². The Kier molecular flexibility index (Phi) is 5.65. The first-order chi connectivity index (χ1) is 9.97. The first-order valence-corrected chi connectivity index (χ1v) is 8.17. The fourth-order valence-corrected chi connectivity index (χ4v) is 2.46. The van der Waals surface area contributed by atoms with Gasteiger partial charge in [0, 0.05) is 35.7 Å². The van der Waals surface area contributed by atoms with Gasteiger partial charge in [-0.1, -0.05) is 29.8 Å². The van der Waals surface area contributed by atoms with E-state index < -0.39 is 0 Å². The zero-order chi connectivity index (χ0) is 15.4. The molecule has 1 saturated carbocycles. The van der Waals surface area contributed by atoms with Crippen LogP contribution in [0.3, 0.4) is 0 Å². The lowest BCUT2D eigenvalue weighted by Crippen LogP contribution is -2.33. The minimum Gasteiger partial charge on any atom is -0.483 e. The smallest absolute Gasteiger partial charge is 0.260 e. The summed E-state index contributed by atoms with van der Waals surface area (Å²) in [7, 11) is 1.85. The maximum absolute atomic E-state index is 12.0. The van der Waals surface area contributed by atoms with Crippen LogP contribution in [0.5, 0.6) is 5.75 Å². The van der Waals surface area contributed by atoms with Gasteiger partial charge in [0.25, 0.3) is 5.91 Å². The summed E-state index contributed by atoms with van der Waals surface area (Å²) in [6.07, 6.45) is 2.23. The van der Waals surface area contributed by atoms with Crippen LogP contribution in [0.2, 0.25) is 0 Å². The number of carbonyl (C=O) groups excluding carboxylic acids is 1. The monoisotopic (exact) mass is 354 g/mol. The maximum Gasteiger partial charge on any atom is 0.260 e. The third-order valence-corrected chi connectivity index (χ3v) is 4.06. The number of ether oxygens (including phenoxy) is 1. The molecule has 1 aliphatic rings. The van der Waals surface area contributed by atoms with Crippen LogP contribution in [0.25, 0.3) is 0 Å². The van der Waals surface area contributed by atoms with E-state index >= 15 is 0 Å². The first kappa shape index (κ1) is 16.3. The number of likely N-dealkylation sites (N-methyl/N-ethyl adjacent to an activating group) is 1. The van der Waals surface area contributed by atoms with Gasteiger partial charge in [0.05, 0.1) is 0 Å². The zero-order valence-corrected chi connectivity index (χ0v) is 14.4. The fraction of sp³-hybridized carbons (Fsp3) is 0.562. The standard InChI is InChI=1S/C16H23BrN2O2/c1-11(2)18-9-12-8-13(17)4-7-15(12)21-10-16(20)19(3)14-5-6-14/h4,7-8,11,14,18H,5-6,9-10H2,1-3H3. The van der Waals surface area contributed by atoms with Gasteiger partial charge in [-0.2, -0.15) is 0 Å². The normalized spacial score (nSPS) is 14.3. The van der Waals surface area contributed by atoms with Gasteiger partial charge in [-0.25, -0.2) is 0 Å². The molecule has 0 spiro atoms. The van der Waals surface area contributed by atoms with E-state index in [9.17, 15) is 4.79 Å². The van der Waals surface area contributed by atoms with Crippen molar-refractivity contribution in [3.63, 3.8) is 0 Å². The molecule has 1 fully saturated rings. The van der Waals surface area contributed by atoms with Gasteiger partial charge >= 0.3 is 0 Å². The molecule has 0 bridgehead atoms. The van der Waals surface area contributed by atoms with Gasteiger partial charge < -0.3 is 15.0 Å². The van der Waals surface area contributed by atoms with Crippen LogP contribution in [0, 0.1) is 0 Å². The van der Waals surface area contributed by atoms with Gasteiger partial charge in [-0.05, 0) is 31.0 Å². The second-order valence-electron chi connectivity index (χ2n) is 5.81. The number of hydrogen-bond acceptors (Lipinski definition) is 3. The Morgan fingerprint density at radius 2 is 2.19 bits per heavy atom. The van der Waals surface area contributed by atoms with E-state index in [4.69, 9.17) is 4.74 Å². The third kappa shape index (κ3) is 5.00. The second-order valence-corrected chi connectivity index (χ2v) is 6.73. The molecule has 0 aliphatic heterocycles. The van der Waals surface area contributed by atoms with Crippen LogP contribution in [-0.4, -0.2) is 36.5 Å². The van der Waals surface area contributed by atoms with Crippen molar-refractivity contribution in [1.82, 2.24) is 10.2 Å².